The predicted octanol–water partition coefficient (Wildman–Crippen LogP) is 4.53. The van der Waals surface area contributed by atoms with Gasteiger partial charge < -0.3 is 24.0 Å². The molecule has 5 rings (SSSR count). The first-order chi connectivity index (χ1) is 19.0. The number of alkyl halides is 3. The minimum atomic E-state index is -5.01. The van der Waals surface area contributed by atoms with E-state index in [2.05, 4.69) is 0 Å². The maximum absolute atomic E-state index is 13.4. The number of aromatic nitrogens is 1. The smallest absolute Gasteiger partial charge is 0.493 e. The number of halogens is 4. The van der Waals surface area contributed by atoms with Gasteiger partial charge in [0.15, 0.2) is 11.5 Å². The van der Waals surface area contributed by atoms with Crippen LogP contribution in [0.2, 0.25) is 5.02 Å². The molecule has 2 amide bonds. The Kier molecular flexibility index (Phi) is 7.56. The molecule has 212 valence electrons. The highest BCUT2D eigenvalue weighted by molar-refractivity contribution is 6.30. The molecule has 1 unspecified atom stereocenters. The normalized spacial score (nSPS) is 20.9. The largest absolute Gasteiger partial charge is 0.509 e. The summed E-state index contributed by atoms with van der Waals surface area (Å²) in [6, 6.07) is 14.1. The number of aliphatic hydroxyl groups is 1. The number of likely N-dealkylation sites (tertiary alicyclic amines) is 1. The van der Waals surface area contributed by atoms with Crippen LogP contribution in [0.4, 0.5) is 18.9 Å². The van der Waals surface area contributed by atoms with Crippen LogP contribution in [-0.4, -0.2) is 78.1 Å². The van der Waals surface area contributed by atoms with Crippen molar-refractivity contribution in [1.29, 1.82) is 0 Å². The first-order valence-corrected chi connectivity index (χ1v) is 13.1. The van der Waals surface area contributed by atoms with Gasteiger partial charge in [0, 0.05) is 48.0 Å². The van der Waals surface area contributed by atoms with Crippen LogP contribution < -0.4 is 14.4 Å². The van der Waals surface area contributed by atoms with Gasteiger partial charge >= 0.3 is 12.1 Å². The molecule has 3 aromatic rings. The molecule has 2 aliphatic heterocycles. The molecule has 0 aliphatic carbocycles. The number of benzene rings is 2. The number of amides is 2. The van der Waals surface area contributed by atoms with Crippen molar-refractivity contribution in [2.45, 2.75) is 25.2 Å². The third-order valence-electron chi connectivity index (χ3n) is 7.46. The van der Waals surface area contributed by atoms with Gasteiger partial charge in [0.05, 0.1) is 13.7 Å². The maximum atomic E-state index is 13.4. The van der Waals surface area contributed by atoms with E-state index >= 15 is 0 Å². The Hall–Kier alpha value is -3.54. The lowest BCUT2D eigenvalue weighted by molar-refractivity contribution is -0.848. The molecule has 1 saturated heterocycles. The van der Waals surface area contributed by atoms with E-state index < -0.39 is 22.7 Å². The monoisotopic (exact) mass is 578 g/mol. The number of nitrogens with zero attached hydrogens (tertiary/aromatic N) is 3. The second kappa shape index (κ2) is 10.8. The van der Waals surface area contributed by atoms with E-state index in [1.807, 2.05) is 29.0 Å². The minimum Gasteiger partial charge on any atom is -0.493 e. The summed E-state index contributed by atoms with van der Waals surface area (Å²) in [5.41, 5.74) is 2.95. The van der Waals surface area contributed by atoms with Crippen LogP contribution in [-0.2, 0) is 11.3 Å². The van der Waals surface area contributed by atoms with Gasteiger partial charge in [-0.25, -0.2) is 9.28 Å². The second-order valence-electron chi connectivity index (χ2n) is 9.98. The molecule has 0 bridgehead atoms. The average molecular weight is 579 g/mol. The SMILES string of the molecule is COc1cc(N2CCn3cc(-c4ccc(Cl)cc4)cc3C2=O)ccc1OCC[N+]1(C(=O)C(F)(F)F)CC[C@@H](O)C1. The van der Waals surface area contributed by atoms with Crippen LogP contribution in [0.3, 0.4) is 0 Å². The second-order valence-corrected chi connectivity index (χ2v) is 10.4. The van der Waals surface area contributed by atoms with Gasteiger partial charge in [0.1, 0.15) is 31.5 Å². The fourth-order valence-electron chi connectivity index (χ4n) is 5.38. The maximum Gasteiger partial charge on any atom is 0.509 e. The number of fused-ring (bicyclic) bond motifs is 1. The number of aliphatic hydroxyl groups excluding tert-OH is 1. The third kappa shape index (κ3) is 5.41. The molecule has 12 heteroatoms. The van der Waals surface area contributed by atoms with Crippen molar-refractivity contribution in [1.82, 2.24) is 4.57 Å². The Morgan fingerprint density at radius 3 is 2.50 bits per heavy atom. The molecule has 40 heavy (non-hydrogen) atoms. The molecule has 0 radical (unpaired) electrons. The molecule has 2 atom stereocenters. The predicted molar refractivity (Wildman–Crippen MR) is 142 cm³/mol. The van der Waals surface area contributed by atoms with Crippen molar-refractivity contribution in [3.63, 3.8) is 0 Å². The summed E-state index contributed by atoms with van der Waals surface area (Å²) in [5, 5.41) is 10.5. The molecule has 3 heterocycles. The Labute approximate surface area is 233 Å². The summed E-state index contributed by atoms with van der Waals surface area (Å²) >= 11 is 5.99. The minimum absolute atomic E-state index is 0.105. The summed E-state index contributed by atoms with van der Waals surface area (Å²) < 4.78 is 51.9. The highest BCUT2D eigenvalue weighted by atomic mass is 35.5. The van der Waals surface area contributed by atoms with Crippen LogP contribution in [0.15, 0.2) is 54.7 Å². The zero-order chi connectivity index (χ0) is 28.7. The van der Waals surface area contributed by atoms with E-state index in [-0.39, 0.29) is 44.3 Å². The van der Waals surface area contributed by atoms with Gasteiger partial charge in [-0.1, -0.05) is 23.7 Å². The summed E-state index contributed by atoms with van der Waals surface area (Å²) in [5.74, 6) is -1.51. The lowest BCUT2D eigenvalue weighted by atomic mass is 10.1. The van der Waals surface area contributed by atoms with E-state index in [0.29, 0.717) is 35.2 Å². The van der Waals surface area contributed by atoms with Crippen LogP contribution in [0, 0.1) is 0 Å². The van der Waals surface area contributed by atoms with E-state index in [9.17, 15) is 27.9 Å². The van der Waals surface area contributed by atoms with E-state index in [1.54, 1.807) is 35.2 Å². The van der Waals surface area contributed by atoms with Gasteiger partial charge in [0.25, 0.3) is 5.91 Å². The molecular weight excluding hydrogens is 551 g/mol. The van der Waals surface area contributed by atoms with Gasteiger partial charge in [-0.15, -0.1) is 0 Å². The third-order valence-corrected chi connectivity index (χ3v) is 7.71. The number of carbonyl (C=O) groups is 2. The van der Waals surface area contributed by atoms with E-state index in [4.69, 9.17) is 21.1 Å². The number of methoxy groups -OCH3 is 1. The number of hydrogen-bond acceptors (Lipinski definition) is 5. The van der Waals surface area contributed by atoms with Crippen molar-refractivity contribution in [3.8, 4) is 22.6 Å². The Morgan fingerprint density at radius 1 is 1.10 bits per heavy atom. The topological polar surface area (TPSA) is 81.0 Å². The van der Waals surface area contributed by atoms with E-state index in [1.165, 1.54) is 7.11 Å². The van der Waals surface area contributed by atoms with Gasteiger partial charge in [0.2, 0.25) is 0 Å². The van der Waals surface area contributed by atoms with Gasteiger partial charge in [-0.3, -0.25) is 4.79 Å². The molecular formula is C28H28ClF3N3O5+. The van der Waals surface area contributed by atoms with Gasteiger partial charge in [-0.2, -0.15) is 13.2 Å². The zero-order valence-corrected chi connectivity index (χ0v) is 22.4. The first kappa shape index (κ1) is 28.0. The number of quaternary nitrogens is 1. The van der Waals surface area contributed by atoms with Crippen molar-refractivity contribution in [2.24, 2.45) is 0 Å². The summed E-state index contributed by atoms with van der Waals surface area (Å²) in [7, 11) is 1.42. The van der Waals surface area contributed by atoms with Crippen molar-refractivity contribution >= 4 is 29.1 Å². The highest BCUT2D eigenvalue weighted by Gasteiger charge is 2.57. The lowest BCUT2D eigenvalue weighted by Crippen LogP contribution is -2.58. The number of hydrogen-bond donors (Lipinski definition) is 1. The Balaban J connectivity index is 1.30. The molecule has 1 aromatic heterocycles. The zero-order valence-electron chi connectivity index (χ0n) is 21.7. The molecule has 1 fully saturated rings. The fourth-order valence-corrected chi connectivity index (χ4v) is 5.51. The quantitative estimate of drug-likeness (QED) is 0.417. The summed E-state index contributed by atoms with van der Waals surface area (Å²) in [6.45, 7) is 0.125. The fraction of sp³-hybridized carbons (Fsp3) is 0.357. The Bertz CT molecular complexity index is 1430. The standard InChI is InChI=1S/C28H28ClF3N3O5/c1-39-25-15-21(6-7-24(25)40-13-12-35(11-8-22(36)17-35)27(38)28(30,31)32)34-10-9-33-16-19(14-23(33)26(34)37)18-2-4-20(29)5-3-18/h2-7,14-16,22,36H,8-13,17H2,1H3/q+1/t22-,35?/m1/s1. The summed E-state index contributed by atoms with van der Waals surface area (Å²) in [6.07, 6.45) is -3.96. The van der Waals surface area contributed by atoms with Crippen molar-refractivity contribution in [3.05, 3.63) is 65.4 Å². The first-order valence-electron chi connectivity index (χ1n) is 12.8. The van der Waals surface area contributed by atoms with E-state index in [0.717, 1.165) is 11.1 Å². The van der Waals surface area contributed by atoms with Crippen LogP contribution >= 0.6 is 11.6 Å². The average Bonchev–Trinajstić information content (AvgIpc) is 3.53. The molecule has 0 spiro atoms. The van der Waals surface area contributed by atoms with Gasteiger partial charge in [-0.05, 0) is 35.9 Å². The number of ether oxygens (including phenoxy) is 2. The van der Waals surface area contributed by atoms with Crippen molar-refractivity contribution < 1.29 is 41.8 Å². The molecule has 8 nitrogen and oxygen atoms in total. The number of anilines is 1. The van der Waals surface area contributed by atoms with Crippen molar-refractivity contribution in [2.75, 3.05) is 44.8 Å². The summed E-state index contributed by atoms with van der Waals surface area (Å²) in [4.78, 5) is 27.2. The van der Waals surface area contributed by atoms with Crippen LogP contribution in [0.1, 0.15) is 16.9 Å². The number of rotatable bonds is 7. The molecule has 1 N–H and O–H groups in total. The molecule has 2 aliphatic rings. The number of carbonyl (C=O) groups excluding carboxylic acids is 2. The van der Waals surface area contributed by atoms with Crippen LogP contribution in [0.5, 0.6) is 11.5 Å². The Morgan fingerprint density at radius 2 is 1.85 bits per heavy atom. The highest BCUT2D eigenvalue weighted by Crippen LogP contribution is 2.35. The lowest BCUT2D eigenvalue weighted by Gasteiger charge is -2.31. The molecule has 2 aromatic carbocycles. The van der Waals surface area contributed by atoms with Crippen LogP contribution in [0.25, 0.3) is 11.1 Å². The molecule has 0 saturated carbocycles.